The van der Waals surface area contributed by atoms with E-state index < -0.39 is 11.0 Å². The summed E-state index contributed by atoms with van der Waals surface area (Å²) in [5.74, 6) is 0.535. The highest BCUT2D eigenvalue weighted by Crippen LogP contribution is 2.24. The number of hydrogen-bond acceptors (Lipinski definition) is 5. The fraction of sp³-hybridized carbons (Fsp3) is 0.235. The summed E-state index contributed by atoms with van der Waals surface area (Å²) in [4.78, 5) is 10.8. The lowest BCUT2D eigenvalue weighted by Crippen LogP contribution is -2.05. The van der Waals surface area contributed by atoms with Crippen LogP contribution in [0.3, 0.4) is 0 Å². The topological polar surface area (TPSA) is 90.7 Å². The number of benzene rings is 2. The lowest BCUT2D eigenvalue weighted by Gasteiger charge is -2.07. The van der Waals surface area contributed by atoms with E-state index in [0.29, 0.717) is 22.8 Å². The molecule has 0 fully saturated rings. The van der Waals surface area contributed by atoms with E-state index in [4.69, 9.17) is 14.6 Å². The SMILES string of the molecule is CNc1ccc(S(N)=O)c(OC)c1.COCc1cccc(C=O)c1. The summed E-state index contributed by atoms with van der Waals surface area (Å²) in [6.07, 6.45) is 0.832. The van der Waals surface area contributed by atoms with Gasteiger partial charge in [0, 0.05) is 31.5 Å². The van der Waals surface area contributed by atoms with Gasteiger partial charge in [-0.3, -0.25) is 4.79 Å². The summed E-state index contributed by atoms with van der Waals surface area (Å²) in [5.41, 5.74) is 2.61. The Hall–Kier alpha value is -2.22. The second-order valence-corrected chi connectivity index (χ2v) is 5.74. The van der Waals surface area contributed by atoms with Crippen LogP contribution >= 0.6 is 0 Å². The Bertz CT molecular complexity index is 692. The van der Waals surface area contributed by atoms with Crippen LogP contribution in [-0.2, 0) is 22.3 Å². The van der Waals surface area contributed by atoms with E-state index in [-0.39, 0.29) is 0 Å². The first kappa shape index (κ1) is 19.8. The molecule has 24 heavy (non-hydrogen) atoms. The number of carbonyl (C=O) groups excluding carboxylic acids is 1. The summed E-state index contributed by atoms with van der Waals surface area (Å²) in [6, 6.07) is 12.6. The van der Waals surface area contributed by atoms with Crippen LogP contribution in [0.15, 0.2) is 47.4 Å². The molecule has 0 heterocycles. The lowest BCUT2D eigenvalue weighted by atomic mass is 10.1. The quantitative estimate of drug-likeness (QED) is 0.781. The molecule has 0 aliphatic carbocycles. The van der Waals surface area contributed by atoms with Gasteiger partial charge in [-0.05, 0) is 23.8 Å². The van der Waals surface area contributed by atoms with Crippen LogP contribution in [0.4, 0.5) is 5.69 Å². The number of ether oxygens (including phenoxy) is 2. The molecule has 0 aliphatic heterocycles. The zero-order chi connectivity index (χ0) is 17.9. The van der Waals surface area contributed by atoms with Crippen molar-refractivity contribution in [1.29, 1.82) is 0 Å². The summed E-state index contributed by atoms with van der Waals surface area (Å²) in [7, 11) is 3.45. The number of rotatable bonds is 6. The molecule has 130 valence electrons. The monoisotopic (exact) mass is 350 g/mol. The zero-order valence-electron chi connectivity index (χ0n) is 13.9. The van der Waals surface area contributed by atoms with Gasteiger partial charge in [-0.1, -0.05) is 18.2 Å². The smallest absolute Gasteiger partial charge is 0.150 e. The number of methoxy groups -OCH3 is 2. The highest BCUT2D eigenvalue weighted by molar-refractivity contribution is 7.82. The molecular weight excluding hydrogens is 328 g/mol. The van der Waals surface area contributed by atoms with Crippen LogP contribution in [0.5, 0.6) is 5.75 Å². The largest absolute Gasteiger partial charge is 0.495 e. The van der Waals surface area contributed by atoms with E-state index in [0.717, 1.165) is 17.5 Å². The van der Waals surface area contributed by atoms with E-state index in [9.17, 15) is 9.00 Å². The first-order chi connectivity index (χ1) is 11.5. The number of carbonyl (C=O) groups is 1. The van der Waals surface area contributed by atoms with Crippen molar-refractivity contribution in [3.8, 4) is 5.75 Å². The average molecular weight is 350 g/mol. The van der Waals surface area contributed by atoms with Crippen molar-refractivity contribution >= 4 is 23.0 Å². The Morgan fingerprint density at radius 2 is 1.96 bits per heavy atom. The van der Waals surface area contributed by atoms with Crippen molar-refractivity contribution < 1.29 is 18.5 Å². The van der Waals surface area contributed by atoms with Gasteiger partial charge in [-0.25, -0.2) is 9.35 Å². The second kappa shape index (κ2) is 10.5. The van der Waals surface area contributed by atoms with E-state index in [1.54, 1.807) is 38.4 Å². The lowest BCUT2D eigenvalue weighted by molar-refractivity contribution is 0.112. The Morgan fingerprint density at radius 3 is 2.50 bits per heavy atom. The molecule has 6 nitrogen and oxygen atoms in total. The molecule has 1 atom stereocenters. The van der Waals surface area contributed by atoms with E-state index >= 15 is 0 Å². The highest BCUT2D eigenvalue weighted by atomic mass is 32.2. The van der Waals surface area contributed by atoms with Gasteiger partial charge in [0.05, 0.1) is 18.6 Å². The van der Waals surface area contributed by atoms with Crippen molar-refractivity contribution in [2.24, 2.45) is 5.14 Å². The third kappa shape index (κ3) is 6.11. The maximum atomic E-state index is 11.0. The normalized spacial score (nSPS) is 11.0. The van der Waals surface area contributed by atoms with Crippen LogP contribution < -0.4 is 15.2 Å². The van der Waals surface area contributed by atoms with Crippen LogP contribution in [0.2, 0.25) is 0 Å². The van der Waals surface area contributed by atoms with Gasteiger partial charge in [-0.2, -0.15) is 0 Å². The van der Waals surface area contributed by atoms with Crippen LogP contribution in [0.25, 0.3) is 0 Å². The minimum absolute atomic E-state index is 0.501. The van der Waals surface area contributed by atoms with E-state index in [1.165, 1.54) is 7.11 Å². The van der Waals surface area contributed by atoms with E-state index in [2.05, 4.69) is 5.32 Å². The molecule has 0 aromatic heterocycles. The predicted octanol–water partition coefficient (Wildman–Crippen LogP) is 2.36. The fourth-order valence-electron chi connectivity index (χ4n) is 1.91. The summed E-state index contributed by atoms with van der Waals surface area (Å²) in [6.45, 7) is 0.557. The first-order valence-corrected chi connectivity index (χ1v) is 8.32. The standard InChI is InChI=1S/C9H10O2.C8H12N2O2S/c1-11-7-9-4-2-3-8(5-9)6-10;1-10-6-3-4-8(13(9)11)7(5-6)12-2/h2-6H,7H2,1H3;3-5,10H,9H2,1-2H3. The van der Waals surface area contributed by atoms with Crippen molar-refractivity contribution in [2.75, 3.05) is 26.6 Å². The van der Waals surface area contributed by atoms with Gasteiger partial charge < -0.3 is 14.8 Å². The Kier molecular flexibility index (Phi) is 8.70. The molecule has 7 heteroatoms. The fourth-order valence-corrected chi connectivity index (χ4v) is 2.45. The molecule has 1 unspecified atom stereocenters. The molecule has 0 radical (unpaired) electrons. The molecule has 2 aromatic carbocycles. The molecule has 2 rings (SSSR count). The van der Waals surface area contributed by atoms with Gasteiger partial charge in [0.15, 0.2) is 0 Å². The average Bonchev–Trinajstić information content (AvgIpc) is 2.62. The third-order valence-electron chi connectivity index (χ3n) is 3.07. The molecule has 3 N–H and O–H groups in total. The molecule has 0 amide bonds. The maximum Gasteiger partial charge on any atom is 0.150 e. The van der Waals surface area contributed by atoms with Gasteiger partial charge in [0.1, 0.15) is 23.0 Å². The van der Waals surface area contributed by atoms with Crippen molar-refractivity contribution in [3.63, 3.8) is 0 Å². The highest BCUT2D eigenvalue weighted by Gasteiger charge is 2.07. The van der Waals surface area contributed by atoms with Gasteiger partial charge in [0.25, 0.3) is 0 Å². The van der Waals surface area contributed by atoms with Crippen LogP contribution in [0.1, 0.15) is 15.9 Å². The van der Waals surface area contributed by atoms with Crippen molar-refractivity contribution in [1.82, 2.24) is 0 Å². The molecule has 0 spiro atoms. The zero-order valence-corrected chi connectivity index (χ0v) is 14.8. The minimum Gasteiger partial charge on any atom is -0.495 e. The molecule has 2 aromatic rings. The number of nitrogens with two attached hydrogens (primary N) is 1. The first-order valence-electron chi connectivity index (χ1n) is 7.10. The molecule has 0 bridgehead atoms. The van der Waals surface area contributed by atoms with Crippen LogP contribution in [0, 0.1) is 0 Å². The van der Waals surface area contributed by atoms with Gasteiger partial charge in [-0.15, -0.1) is 0 Å². The van der Waals surface area contributed by atoms with E-state index in [1.807, 2.05) is 18.2 Å². The minimum atomic E-state index is -1.50. The molecular formula is C17H22N2O4S. The van der Waals surface area contributed by atoms with Crippen LogP contribution in [-0.4, -0.2) is 31.8 Å². The van der Waals surface area contributed by atoms with Gasteiger partial charge in [0.2, 0.25) is 0 Å². The Morgan fingerprint density at radius 1 is 1.21 bits per heavy atom. The molecule has 0 saturated heterocycles. The molecule has 0 saturated carbocycles. The summed E-state index contributed by atoms with van der Waals surface area (Å²) in [5, 5.41) is 8.20. The van der Waals surface area contributed by atoms with Gasteiger partial charge >= 0.3 is 0 Å². The van der Waals surface area contributed by atoms with Crippen molar-refractivity contribution in [3.05, 3.63) is 53.6 Å². The number of anilines is 1. The third-order valence-corrected chi connectivity index (χ3v) is 3.84. The maximum absolute atomic E-state index is 11.0. The Labute approximate surface area is 144 Å². The summed E-state index contributed by atoms with van der Waals surface area (Å²) < 4.78 is 21.0. The molecule has 0 aliphatic rings. The second-order valence-electron chi connectivity index (χ2n) is 4.71. The number of hydrogen-bond donors (Lipinski definition) is 2. The predicted molar refractivity (Wildman–Crippen MR) is 95.7 cm³/mol. The number of aldehydes is 1. The Balaban J connectivity index is 0.000000243. The van der Waals surface area contributed by atoms with Crippen molar-refractivity contribution in [2.45, 2.75) is 11.5 Å². The number of nitrogens with one attached hydrogen (secondary N) is 1. The summed E-state index contributed by atoms with van der Waals surface area (Å²) >= 11 is 0.